The van der Waals surface area contributed by atoms with Gasteiger partial charge in [-0.05, 0) is 29.7 Å². The molecule has 0 saturated carbocycles. The molecule has 0 aliphatic carbocycles. The van der Waals surface area contributed by atoms with Gasteiger partial charge in [0, 0.05) is 22.8 Å². The predicted molar refractivity (Wildman–Crippen MR) is 80.3 cm³/mol. The zero-order chi connectivity index (χ0) is 14.4. The molecule has 0 amide bonds. The Balaban J connectivity index is 2.09. The van der Waals surface area contributed by atoms with Gasteiger partial charge in [0.05, 0.1) is 0 Å². The Morgan fingerprint density at radius 2 is 1.71 bits per heavy atom. The van der Waals surface area contributed by atoms with Crippen molar-refractivity contribution in [2.45, 2.75) is 0 Å². The lowest BCUT2D eigenvalue weighted by Gasteiger charge is -2.06. The van der Waals surface area contributed by atoms with Crippen molar-refractivity contribution in [3.63, 3.8) is 0 Å². The normalized spacial score (nSPS) is 11.3. The average molecular weight is 278 g/mol. The lowest BCUT2D eigenvalue weighted by Crippen LogP contribution is -1.94. The number of anilines is 1. The fourth-order valence-electron chi connectivity index (χ4n) is 2.55. The van der Waals surface area contributed by atoms with Crippen molar-refractivity contribution >= 4 is 22.1 Å². The Labute approximate surface area is 119 Å². The molecule has 2 N–H and O–H groups in total. The zero-order valence-corrected chi connectivity index (χ0v) is 11.0. The molecule has 21 heavy (non-hydrogen) atoms. The fourth-order valence-corrected chi connectivity index (χ4v) is 2.55. The van der Waals surface area contributed by atoms with Crippen LogP contribution in [-0.2, 0) is 0 Å². The van der Waals surface area contributed by atoms with Crippen molar-refractivity contribution in [3.05, 3.63) is 60.5 Å². The van der Waals surface area contributed by atoms with E-state index in [9.17, 15) is 4.39 Å². The van der Waals surface area contributed by atoms with Crippen LogP contribution in [0.5, 0.6) is 0 Å². The summed E-state index contributed by atoms with van der Waals surface area (Å²) >= 11 is 0. The number of hydrogen-bond acceptors (Lipinski definition) is 3. The number of pyridine rings is 1. The molecule has 4 nitrogen and oxygen atoms in total. The average Bonchev–Trinajstić information content (AvgIpc) is 2.91. The van der Waals surface area contributed by atoms with Gasteiger partial charge in [0.1, 0.15) is 5.82 Å². The molecule has 102 valence electrons. The maximum absolute atomic E-state index is 13.9. The van der Waals surface area contributed by atoms with Crippen LogP contribution in [0.15, 0.2) is 54.7 Å². The summed E-state index contributed by atoms with van der Waals surface area (Å²) < 4.78 is 15.7. The van der Waals surface area contributed by atoms with E-state index in [4.69, 9.17) is 5.73 Å². The second-order valence-electron chi connectivity index (χ2n) is 4.85. The summed E-state index contributed by atoms with van der Waals surface area (Å²) in [6.45, 7) is 0. The molecule has 2 aromatic heterocycles. The number of fused-ring (bicyclic) bond motifs is 2. The fraction of sp³-hybridized carbons (Fsp3) is 0. The van der Waals surface area contributed by atoms with Gasteiger partial charge < -0.3 is 5.73 Å². The molecule has 0 saturated heterocycles. The summed E-state index contributed by atoms with van der Waals surface area (Å²) in [6.07, 6.45) is 1.77. The quantitative estimate of drug-likeness (QED) is 0.581. The topological polar surface area (TPSA) is 56.2 Å². The van der Waals surface area contributed by atoms with E-state index in [1.165, 1.54) is 6.07 Å². The minimum atomic E-state index is -0.248. The summed E-state index contributed by atoms with van der Waals surface area (Å²) in [5.74, 6) is 0.399. The molecule has 0 aliphatic rings. The van der Waals surface area contributed by atoms with Crippen LogP contribution in [0, 0.1) is 5.82 Å². The van der Waals surface area contributed by atoms with Crippen molar-refractivity contribution in [2.24, 2.45) is 0 Å². The zero-order valence-electron chi connectivity index (χ0n) is 11.0. The molecular formula is C16H11FN4. The number of nitrogen functional groups attached to an aromatic ring is 1. The Morgan fingerprint density at radius 3 is 2.57 bits per heavy atom. The SMILES string of the molecule is Nc1ccc2nnc(-c3ccc(F)c4ccccc34)n2c1. The molecule has 4 aromatic rings. The predicted octanol–water partition coefficient (Wildman–Crippen LogP) is 3.27. The van der Waals surface area contributed by atoms with E-state index in [1.807, 2.05) is 22.6 Å². The molecular weight excluding hydrogens is 267 g/mol. The maximum Gasteiger partial charge on any atom is 0.169 e. The van der Waals surface area contributed by atoms with Crippen LogP contribution in [0.3, 0.4) is 0 Å². The van der Waals surface area contributed by atoms with Crippen LogP contribution in [-0.4, -0.2) is 14.6 Å². The first kappa shape index (κ1) is 11.8. The third-order valence-electron chi connectivity index (χ3n) is 3.54. The highest BCUT2D eigenvalue weighted by atomic mass is 19.1. The molecule has 5 heteroatoms. The molecule has 4 rings (SSSR count). The van der Waals surface area contributed by atoms with Crippen molar-refractivity contribution in [2.75, 3.05) is 5.73 Å². The highest BCUT2D eigenvalue weighted by Crippen LogP contribution is 2.29. The standard InChI is InChI=1S/C16H11FN4/c17-14-7-6-13(11-3-1-2-4-12(11)14)16-20-19-15-8-5-10(18)9-21(15)16/h1-9H,18H2. The summed E-state index contributed by atoms with van der Waals surface area (Å²) in [6, 6.07) is 14.1. The number of halogens is 1. The summed E-state index contributed by atoms with van der Waals surface area (Å²) in [5, 5.41) is 9.72. The van der Waals surface area contributed by atoms with Crippen molar-refractivity contribution < 1.29 is 4.39 Å². The van der Waals surface area contributed by atoms with Crippen LogP contribution in [0.2, 0.25) is 0 Å². The van der Waals surface area contributed by atoms with E-state index in [1.54, 1.807) is 30.5 Å². The molecule has 0 aliphatic heterocycles. The Hall–Kier alpha value is -2.95. The maximum atomic E-state index is 13.9. The molecule has 2 heterocycles. The van der Waals surface area contributed by atoms with Crippen LogP contribution < -0.4 is 5.73 Å². The number of aromatic nitrogens is 3. The lowest BCUT2D eigenvalue weighted by molar-refractivity contribution is 0.640. The van der Waals surface area contributed by atoms with E-state index in [0.29, 0.717) is 22.5 Å². The van der Waals surface area contributed by atoms with Crippen LogP contribution in [0.25, 0.3) is 27.8 Å². The Morgan fingerprint density at radius 1 is 0.905 bits per heavy atom. The molecule has 0 fully saturated rings. The number of benzene rings is 2. The van der Waals surface area contributed by atoms with Crippen molar-refractivity contribution in [3.8, 4) is 11.4 Å². The third kappa shape index (κ3) is 1.74. The summed E-state index contributed by atoms with van der Waals surface area (Å²) in [5.41, 5.74) is 7.98. The van der Waals surface area contributed by atoms with E-state index < -0.39 is 0 Å². The summed E-state index contributed by atoms with van der Waals surface area (Å²) in [7, 11) is 0. The minimum Gasteiger partial charge on any atom is -0.398 e. The number of nitrogens with zero attached hydrogens (tertiary/aromatic N) is 3. The third-order valence-corrected chi connectivity index (χ3v) is 3.54. The van der Waals surface area contributed by atoms with Crippen LogP contribution in [0.4, 0.5) is 10.1 Å². The monoisotopic (exact) mass is 278 g/mol. The van der Waals surface area contributed by atoms with Gasteiger partial charge in [-0.2, -0.15) is 0 Å². The first-order valence-electron chi connectivity index (χ1n) is 6.52. The van der Waals surface area contributed by atoms with Crippen molar-refractivity contribution in [1.29, 1.82) is 0 Å². The van der Waals surface area contributed by atoms with E-state index >= 15 is 0 Å². The number of hydrogen-bond donors (Lipinski definition) is 1. The second kappa shape index (κ2) is 4.28. The van der Waals surface area contributed by atoms with Gasteiger partial charge in [0.2, 0.25) is 0 Å². The molecule has 2 aromatic carbocycles. The molecule has 0 unspecified atom stereocenters. The van der Waals surface area contributed by atoms with Crippen LogP contribution >= 0.6 is 0 Å². The molecule has 0 spiro atoms. The highest BCUT2D eigenvalue weighted by Gasteiger charge is 2.13. The lowest BCUT2D eigenvalue weighted by atomic mass is 10.0. The first-order chi connectivity index (χ1) is 10.2. The minimum absolute atomic E-state index is 0.248. The van der Waals surface area contributed by atoms with Crippen molar-refractivity contribution in [1.82, 2.24) is 14.6 Å². The Kier molecular flexibility index (Phi) is 2.41. The van der Waals surface area contributed by atoms with Gasteiger partial charge in [-0.3, -0.25) is 4.40 Å². The molecule has 0 atom stereocenters. The molecule has 0 radical (unpaired) electrons. The Bertz CT molecular complexity index is 975. The molecule has 0 bridgehead atoms. The largest absolute Gasteiger partial charge is 0.398 e. The number of rotatable bonds is 1. The van der Waals surface area contributed by atoms with Gasteiger partial charge in [-0.15, -0.1) is 10.2 Å². The van der Waals surface area contributed by atoms with Gasteiger partial charge in [0.25, 0.3) is 0 Å². The van der Waals surface area contributed by atoms with E-state index in [-0.39, 0.29) is 5.82 Å². The first-order valence-corrected chi connectivity index (χ1v) is 6.52. The smallest absolute Gasteiger partial charge is 0.169 e. The second-order valence-corrected chi connectivity index (χ2v) is 4.85. The van der Waals surface area contributed by atoms with E-state index in [2.05, 4.69) is 10.2 Å². The van der Waals surface area contributed by atoms with Gasteiger partial charge >= 0.3 is 0 Å². The summed E-state index contributed by atoms with van der Waals surface area (Å²) in [4.78, 5) is 0. The van der Waals surface area contributed by atoms with Gasteiger partial charge in [-0.25, -0.2) is 4.39 Å². The van der Waals surface area contributed by atoms with Gasteiger partial charge in [0.15, 0.2) is 11.5 Å². The highest BCUT2D eigenvalue weighted by molar-refractivity contribution is 5.95. The van der Waals surface area contributed by atoms with E-state index in [0.717, 1.165) is 10.9 Å². The van der Waals surface area contributed by atoms with Crippen LogP contribution in [0.1, 0.15) is 0 Å². The van der Waals surface area contributed by atoms with Gasteiger partial charge in [-0.1, -0.05) is 24.3 Å². The number of nitrogens with two attached hydrogens (primary N) is 1.